The van der Waals surface area contributed by atoms with E-state index in [0.29, 0.717) is 24.6 Å². The van der Waals surface area contributed by atoms with Gasteiger partial charge in [0.15, 0.2) is 0 Å². The molecule has 0 radical (unpaired) electrons. The Labute approximate surface area is 120 Å². The minimum Gasteiger partial charge on any atom is -0.395 e. The van der Waals surface area contributed by atoms with Gasteiger partial charge in [-0.05, 0) is 45.3 Å². The normalized spacial score (nSPS) is 11.7. The fourth-order valence-electron chi connectivity index (χ4n) is 1.45. The number of nitrogens with zero attached hydrogens (tertiary/aromatic N) is 1. The molecule has 1 aromatic carbocycles. The molecule has 2 N–H and O–H groups in total. The lowest BCUT2D eigenvalue weighted by atomic mass is 10.1. The van der Waals surface area contributed by atoms with Crippen molar-refractivity contribution in [2.75, 3.05) is 27.2 Å². The second kappa shape index (κ2) is 8.36. The van der Waals surface area contributed by atoms with E-state index in [1.807, 2.05) is 26.2 Å². The SMILES string of the molecule is CC(CNC(=O)c1ccc(C#CCCO)cc1)N(C)C. The van der Waals surface area contributed by atoms with Crippen LogP contribution < -0.4 is 5.32 Å². The molecule has 0 aromatic heterocycles. The third kappa shape index (κ3) is 5.43. The Morgan fingerprint density at radius 3 is 2.55 bits per heavy atom. The number of benzene rings is 1. The zero-order valence-electron chi connectivity index (χ0n) is 12.3. The highest BCUT2D eigenvalue weighted by molar-refractivity contribution is 5.94. The highest BCUT2D eigenvalue weighted by Crippen LogP contribution is 2.03. The number of carbonyl (C=O) groups is 1. The first kappa shape index (κ1) is 16.2. The van der Waals surface area contributed by atoms with Crippen LogP contribution in [-0.4, -0.2) is 49.2 Å². The number of hydrogen-bond donors (Lipinski definition) is 2. The molecule has 108 valence electrons. The van der Waals surface area contributed by atoms with E-state index in [2.05, 4.69) is 29.0 Å². The summed E-state index contributed by atoms with van der Waals surface area (Å²) in [6.07, 6.45) is 0.463. The summed E-state index contributed by atoms with van der Waals surface area (Å²) in [7, 11) is 3.97. The van der Waals surface area contributed by atoms with Gasteiger partial charge >= 0.3 is 0 Å². The van der Waals surface area contributed by atoms with Crippen molar-refractivity contribution in [3.05, 3.63) is 35.4 Å². The molecule has 0 fully saturated rings. The van der Waals surface area contributed by atoms with Gasteiger partial charge in [0.1, 0.15) is 0 Å². The fraction of sp³-hybridized carbons (Fsp3) is 0.438. The summed E-state index contributed by atoms with van der Waals surface area (Å²) in [4.78, 5) is 14.0. The van der Waals surface area contributed by atoms with Crippen LogP contribution in [0.3, 0.4) is 0 Å². The number of amides is 1. The summed E-state index contributed by atoms with van der Waals surface area (Å²) >= 11 is 0. The van der Waals surface area contributed by atoms with Crippen LogP contribution in [0, 0.1) is 11.8 Å². The van der Waals surface area contributed by atoms with Gasteiger partial charge in [-0.15, -0.1) is 0 Å². The van der Waals surface area contributed by atoms with Crippen LogP contribution in [0.1, 0.15) is 29.3 Å². The van der Waals surface area contributed by atoms with Crippen molar-refractivity contribution in [1.29, 1.82) is 0 Å². The standard InChI is InChI=1S/C16H22N2O2/c1-13(18(2)3)12-17-16(20)15-9-7-14(8-10-15)6-4-5-11-19/h7-10,13,19H,5,11-12H2,1-3H3,(H,17,20). The number of aliphatic hydroxyl groups is 1. The Balaban J connectivity index is 2.56. The largest absolute Gasteiger partial charge is 0.395 e. The first-order valence-electron chi connectivity index (χ1n) is 6.69. The smallest absolute Gasteiger partial charge is 0.251 e. The lowest BCUT2D eigenvalue weighted by molar-refractivity contribution is 0.0943. The Kier molecular flexibility index (Phi) is 6.78. The lowest BCUT2D eigenvalue weighted by Gasteiger charge is -2.19. The van der Waals surface area contributed by atoms with E-state index in [4.69, 9.17) is 5.11 Å². The van der Waals surface area contributed by atoms with Gasteiger partial charge in [0.2, 0.25) is 0 Å². The van der Waals surface area contributed by atoms with E-state index in [0.717, 1.165) is 5.56 Å². The van der Waals surface area contributed by atoms with E-state index >= 15 is 0 Å². The van der Waals surface area contributed by atoms with Crippen LogP contribution in [0.25, 0.3) is 0 Å². The summed E-state index contributed by atoms with van der Waals surface area (Å²) in [5.74, 6) is 5.70. The highest BCUT2D eigenvalue weighted by Gasteiger charge is 2.08. The molecule has 0 aliphatic heterocycles. The van der Waals surface area contributed by atoms with Crippen LogP contribution in [0.5, 0.6) is 0 Å². The first-order chi connectivity index (χ1) is 9.54. The monoisotopic (exact) mass is 274 g/mol. The molecule has 0 bridgehead atoms. The number of aliphatic hydroxyl groups excluding tert-OH is 1. The number of rotatable bonds is 5. The second-order valence-electron chi connectivity index (χ2n) is 4.88. The molecular weight excluding hydrogens is 252 g/mol. The van der Waals surface area contributed by atoms with Crippen molar-refractivity contribution < 1.29 is 9.90 Å². The third-order valence-corrected chi connectivity index (χ3v) is 3.06. The van der Waals surface area contributed by atoms with E-state index in [1.165, 1.54) is 0 Å². The van der Waals surface area contributed by atoms with Crippen LogP contribution >= 0.6 is 0 Å². The third-order valence-electron chi connectivity index (χ3n) is 3.06. The number of nitrogens with one attached hydrogen (secondary N) is 1. The van der Waals surface area contributed by atoms with Crippen molar-refractivity contribution in [3.63, 3.8) is 0 Å². The predicted molar refractivity (Wildman–Crippen MR) is 80.5 cm³/mol. The van der Waals surface area contributed by atoms with Gasteiger partial charge in [-0.1, -0.05) is 11.8 Å². The van der Waals surface area contributed by atoms with Crippen molar-refractivity contribution in [2.24, 2.45) is 0 Å². The molecule has 20 heavy (non-hydrogen) atoms. The minimum absolute atomic E-state index is 0.0670. The maximum atomic E-state index is 11.9. The highest BCUT2D eigenvalue weighted by atomic mass is 16.2. The van der Waals surface area contributed by atoms with Crippen molar-refractivity contribution in [1.82, 2.24) is 10.2 Å². The van der Waals surface area contributed by atoms with E-state index in [9.17, 15) is 4.79 Å². The maximum Gasteiger partial charge on any atom is 0.251 e. The van der Waals surface area contributed by atoms with Crippen LogP contribution in [0.4, 0.5) is 0 Å². The van der Waals surface area contributed by atoms with Crippen molar-refractivity contribution in [3.8, 4) is 11.8 Å². The van der Waals surface area contributed by atoms with Crippen molar-refractivity contribution >= 4 is 5.91 Å². The topological polar surface area (TPSA) is 52.6 Å². The number of hydrogen-bond acceptors (Lipinski definition) is 3. The molecule has 1 amide bonds. The van der Waals surface area contributed by atoms with Gasteiger partial charge in [0, 0.05) is 30.1 Å². The Bertz CT molecular complexity index is 483. The Morgan fingerprint density at radius 2 is 2.00 bits per heavy atom. The molecule has 0 aliphatic rings. The van der Waals surface area contributed by atoms with Gasteiger partial charge in [-0.25, -0.2) is 0 Å². The minimum atomic E-state index is -0.0754. The van der Waals surface area contributed by atoms with Crippen LogP contribution in [0.2, 0.25) is 0 Å². The predicted octanol–water partition coefficient (Wildman–Crippen LogP) is 1.10. The molecule has 0 saturated heterocycles. The first-order valence-corrected chi connectivity index (χ1v) is 6.69. The van der Waals surface area contributed by atoms with Gasteiger partial charge in [0.25, 0.3) is 5.91 Å². The van der Waals surface area contributed by atoms with E-state index in [1.54, 1.807) is 12.1 Å². The summed E-state index contributed by atoms with van der Waals surface area (Å²) in [5, 5.41) is 11.5. The average Bonchev–Trinajstić information content (AvgIpc) is 2.45. The summed E-state index contributed by atoms with van der Waals surface area (Å²) in [6.45, 7) is 2.74. The van der Waals surface area contributed by atoms with Gasteiger partial charge in [-0.2, -0.15) is 0 Å². The average molecular weight is 274 g/mol. The van der Waals surface area contributed by atoms with Gasteiger partial charge in [-0.3, -0.25) is 4.79 Å². The summed E-state index contributed by atoms with van der Waals surface area (Å²) in [6, 6.07) is 7.45. The molecule has 0 aliphatic carbocycles. The molecule has 1 unspecified atom stereocenters. The second-order valence-corrected chi connectivity index (χ2v) is 4.88. The maximum absolute atomic E-state index is 11.9. The van der Waals surface area contributed by atoms with E-state index in [-0.39, 0.29) is 12.5 Å². The Morgan fingerprint density at radius 1 is 1.35 bits per heavy atom. The molecule has 1 aromatic rings. The zero-order valence-corrected chi connectivity index (χ0v) is 12.3. The molecule has 1 rings (SSSR count). The van der Waals surface area contributed by atoms with E-state index < -0.39 is 0 Å². The summed E-state index contributed by atoms with van der Waals surface area (Å²) in [5.41, 5.74) is 1.47. The number of likely N-dealkylation sites (N-methyl/N-ethyl adjacent to an activating group) is 1. The van der Waals surface area contributed by atoms with Crippen LogP contribution in [0.15, 0.2) is 24.3 Å². The van der Waals surface area contributed by atoms with Crippen LogP contribution in [-0.2, 0) is 0 Å². The zero-order chi connectivity index (χ0) is 15.0. The van der Waals surface area contributed by atoms with Gasteiger partial charge < -0.3 is 15.3 Å². The molecule has 4 heteroatoms. The molecule has 4 nitrogen and oxygen atoms in total. The number of carbonyl (C=O) groups excluding carboxylic acids is 1. The molecular formula is C16H22N2O2. The molecule has 0 saturated carbocycles. The summed E-state index contributed by atoms with van der Waals surface area (Å²) < 4.78 is 0. The van der Waals surface area contributed by atoms with Crippen molar-refractivity contribution in [2.45, 2.75) is 19.4 Å². The fourth-order valence-corrected chi connectivity index (χ4v) is 1.45. The van der Waals surface area contributed by atoms with Gasteiger partial charge in [0.05, 0.1) is 6.61 Å². The quantitative estimate of drug-likeness (QED) is 0.791. The molecule has 1 atom stereocenters. The lowest BCUT2D eigenvalue weighted by Crippen LogP contribution is -2.38. The molecule has 0 spiro atoms. The molecule has 0 heterocycles. The Hall–Kier alpha value is -1.83.